The molecule has 8 nitrogen and oxygen atoms in total. The summed E-state index contributed by atoms with van der Waals surface area (Å²) in [6.07, 6.45) is 0.427. The second kappa shape index (κ2) is 13.4. The summed E-state index contributed by atoms with van der Waals surface area (Å²) < 4.78 is 15.1. The van der Waals surface area contributed by atoms with E-state index in [-0.39, 0.29) is 17.1 Å². The van der Waals surface area contributed by atoms with Gasteiger partial charge < -0.3 is 19.5 Å². The first kappa shape index (κ1) is 27.6. The molecule has 0 aliphatic carbocycles. The molecule has 10 heteroatoms. The van der Waals surface area contributed by atoms with Crippen LogP contribution in [0.3, 0.4) is 0 Å². The predicted molar refractivity (Wildman–Crippen MR) is 138 cm³/mol. The zero-order valence-electron chi connectivity index (χ0n) is 20.2. The fraction of sp³-hybridized carbons (Fsp3) is 0.385. The topological polar surface area (TPSA) is 108 Å². The van der Waals surface area contributed by atoms with E-state index in [1.807, 2.05) is 37.3 Å². The summed E-state index contributed by atoms with van der Waals surface area (Å²) in [5, 5.41) is 1.39. The summed E-state index contributed by atoms with van der Waals surface area (Å²) in [5.74, 6) is -2.32. The number of hydrogen-bond donors (Lipinski definition) is 1. The molecule has 36 heavy (non-hydrogen) atoms. The molecule has 1 N–H and O–H groups in total. The van der Waals surface area contributed by atoms with Gasteiger partial charge in [0.05, 0.1) is 18.8 Å². The number of hydrogen-bond acceptors (Lipinski definition) is 9. The van der Waals surface area contributed by atoms with Crippen LogP contribution in [-0.4, -0.2) is 59.2 Å². The molecule has 3 unspecified atom stereocenters. The molecule has 3 rings (SSSR count). The first-order valence-corrected chi connectivity index (χ1v) is 13.3. The SMILES string of the molecule is COC(=O)C1SC(CC(C)[C@H](NC(=O)c2ccccc2)C(=O)OCc2ccccc2)SC1C(=O)OC. The van der Waals surface area contributed by atoms with Crippen molar-refractivity contribution < 1.29 is 33.4 Å². The Morgan fingerprint density at radius 2 is 1.39 bits per heavy atom. The number of rotatable bonds is 10. The molecule has 0 bridgehead atoms. The van der Waals surface area contributed by atoms with Gasteiger partial charge in [0.2, 0.25) is 0 Å². The molecular weight excluding hydrogens is 502 g/mol. The lowest BCUT2D eigenvalue weighted by Crippen LogP contribution is -2.46. The minimum absolute atomic E-state index is 0.0753. The maximum atomic E-state index is 13.1. The number of nitrogens with one attached hydrogen (secondary N) is 1. The first-order valence-electron chi connectivity index (χ1n) is 11.4. The molecule has 0 saturated carbocycles. The van der Waals surface area contributed by atoms with E-state index in [0.717, 1.165) is 5.56 Å². The number of amides is 1. The standard InChI is InChI=1S/C26H29NO7S2/c1-16(14-19-35-21(25(30)32-2)22(36-19)26(31)33-3)20(27-23(28)18-12-8-5-9-13-18)24(29)34-15-17-10-6-4-7-11-17/h4-13,16,19-22H,14-15H2,1-3H3,(H,27,28)/t16?,19?,20-,21?,22?/m0/s1. The van der Waals surface area contributed by atoms with Gasteiger partial charge in [-0.1, -0.05) is 55.5 Å². The van der Waals surface area contributed by atoms with Crippen molar-refractivity contribution in [1.82, 2.24) is 5.32 Å². The number of esters is 3. The van der Waals surface area contributed by atoms with Crippen molar-refractivity contribution in [2.45, 2.75) is 41.1 Å². The normalized spacial score (nSPS) is 20.6. The number of carbonyl (C=O) groups is 4. The Hall–Kier alpha value is -2.98. The molecule has 1 saturated heterocycles. The van der Waals surface area contributed by atoms with Crippen LogP contribution in [0.2, 0.25) is 0 Å². The Morgan fingerprint density at radius 3 is 1.92 bits per heavy atom. The van der Waals surface area contributed by atoms with Gasteiger partial charge in [-0.05, 0) is 30.0 Å². The van der Waals surface area contributed by atoms with Crippen molar-refractivity contribution in [2.75, 3.05) is 14.2 Å². The minimum Gasteiger partial charge on any atom is -0.468 e. The predicted octanol–water partition coefficient (Wildman–Crippen LogP) is 3.44. The second-order valence-corrected chi connectivity index (χ2v) is 11.2. The van der Waals surface area contributed by atoms with Crippen LogP contribution in [0.4, 0.5) is 0 Å². The van der Waals surface area contributed by atoms with E-state index in [9.17, 15) is 19.2 Å². The number of ether oxygens (including phenoxy) is 3. The molecule has 1 amide bonds. The average molecular weight is 532 g/mol. The zero-order chi connectivity index (χ0) is 26.1. The maximum absolute atomic E-state index is 13.1. The molecule has 2 aromatic carbocycles. The van der Waals surface area contributed by atoms with Gasteiger partial charge in [-0.25, -0.2) is 4.79 Å². The number of carbonyl (C=O) groups excluding carboxylic acids is 4. The molecule has 1 aliphatic rings. The average Bonchev–Trinajstić information content (AvgIpc) is 3.33. The quantitative estimate of drug-likeness (QED) is 0.364. The maximum Gasteiger partial charge on any atom is 0.329 e. The molecule has 2 aromatic rings. The monoisotopic (exact) mass is 531 g/mol. The largest absolute Gasteiger partial charge is 0.468 e. The third-order valence-corrected chi connectivity index (χ3v) is 9.02. The molecule has 1 fully saturated rings. The summed E-state index contributed by atoms with van der Waals surface area (Å²) in [6.45, 7) is 1.91. The molecule has 0 radical (unpaired) electrons. The summed E-state index contributed by atoms with van der Waals surface area (Å²) in [5.41, 5.74) is 1.25. The summed E-state index contributed by atoms with van der Waals surface area (Å²) in [6, 6.07) is 16.9. The van der Waals surface area contributed by atoms with Gasteiger partial charge in [0.25, 0.3) is 5.91 Å². The molecule has 192 valence electrons. The third kappa shape index (κ3) is 7.27. The van der Waals surface area contributed by atoms with Crippen LogP contribution in [0, 0.1) is 5.92 Å². The molecule has 4 atom stereocenters. The lowest BCUT2D eigenvalue weighted by atomic mass is 9.98. The highest BCUT2D eigenvalue weighted by Gasteiger charge is 2.46. The van der Waals surface area contributed by atoms with Crippen LogP contribution in [0.25, 0.3) is 0 Å². The highest BCUT2D eigenvalue weighted by atomic mass is 32.2. The van der Waals surface area contributed by atoms with Gasteiger partial charge in [-0.3, -0.25) is 14.4 Å². The van der Waals surface area contributed by atoms with Crippen LogP contribution in [0.1, 0.15) is 29.3 Å². The molecule has 1 heterocycles. The van der Waals surface area contributed by atoms with E-state index >= 15 is 0 Å². The van der Waals surface area contributed by atoms with Crippen molar-refractivity contribution in [3.05, 3.63) is 71.8 Å². The summed E-state index contributed by atoms with van der Waals surface area (Å²) in [7, 11) is 2.55. The van der Waals surface area contributed by atoms with Crippen LogP contribution >= 0.6 is 23.5 Å². The Bertz CT molecular complexity index is 1030. The van der Waals surface area contributed by atoms with Gasteiger partial charge in [0.15, 0.2) is 0 Å². The van der Waals surface area contributed by atoms with E-state index in [0.29, 0.717) is 12.0 Å². The van der Waals surface area contributed by atoms with E-state index in [2.05, 4.69) is 5.32 Å². The fourth-order valence-electron chi connectivity index (χ4n) is 3.71. The zero-order valence-corrected chi connectivity index (χ0v) is 21.9. The molecule has 0 aromatic heterocycles. The van der Waals surface area contributed by atoms with Crippen molar-refractivity contribution >= 4 is 47.3 Å². The van der Waals surface area contributed by atoms with Crippen molar-refractivity contribution in [3.8, 4) is 0 Å². The lowest BCUT2D eigenvalue weighted by molar-refractivity contribution is -0.148. The minimum atomic E-state index is -0.934. The van der Waals surface area contributed by atoms with Crippen LogP contribution in [0.15, 0.2) is 60.7 Å². The number of benzene rings is 2. The van der Waals surface area contributed by atoms with Gasteiger partial charge in [0.1, 0.15) is 23.1 Å². The molecular formula is C26H29NO7S2. The van der Waals surface area contributed by atoms with Crippen molar-refractivity contribution in [3.63, 3.8) is 0 Å². The first-order chi connectivity index (χ1) is 17.3. The Labute approximate surface area is 218 Å². The van der Waals surface area contributed by atoms with Crippen molar-refractivity contribution in [1.29, 1.82) is 0 Å². The van der Waals surface area contributed by atoms with E-state index in [1.54, 1.807) is 30.3 Å². The fourth-order valence-corrected chi connectivity index (χ4v) is 7.47. The Morgan fingerprint density at radius 1 is 0.861 bits per heavy atom. The van der Waals surface area contributed by atoms with Crippen molar-refractivity contribution in [2.24, 2.45) is 5.92 Å². The van der Waals surface area contributed by atoms with Gasteiger partial charge in [-0.15, -0.1) is 23.5 Å². The number of methoxy groups -OCH3 is 2. The summed E-state index contributed by atoms with van der Waals surface area (Å²) >= 11 is 2.60. The lowest BCUT2D eigenvalue weighted by Gasteiger charge is -2.25. The highest BCUT2D eigenvalue weighted by molar-refractivity contribution is 8.21. The molecule has 0 spiro atoms. The van der Waals surface area contributed by atoms with Gasteiger partial charge in [0, 0.05) is 5.56 Å². The van der Waals surface area contributed by atoms with Crippen LogP contribution in [0.5, 0.6) is 0 Å². The van der Waals surface area contributed by atoms with Gasteiger partial charge >= 0.3 is 17.9 Å². The highest BCUT2D eigenvalue weighted by Crippen LogP contribution is 2.47. The van der Waals surface area contributed by atoms with E-state index in [1.165, 1.54) is 37.7 Å². The van der Waals surface area contributed by atoms with Crippen LogP contribution < -0.4 is 5.32 Å². The summed E-state index contributed by atoms with van der Waals surface area (Å²) in [4.78, 5) is 50.5. The smallest absolute Gasteiger partial charge is 0.329 e. The van der Waals surface area contributed by atoms with E-state index in [4.69, 9.17) is 14.2 Å². The number of thioether (sulfide) groups is 2. The Kier molecular flexibility index (Phi) is 10.2. The van der Waals surface area contributed by atoms with Gasteiger partial charge in [-0.2, -0.15) is 0 Å². The van der Waals surface area contributed by atoms with Crippen LogP contribution in [-0.2, 0) is 35.2 Å². The molecule has 1 aliphatic heterocycles. The van der Waals surface area contributed by atoms with E-state index < -0.39 is 40.4 Å². The second-order valence-electron chi connectivity index (χ2n) is 8.21. The Balaban J connectivity index is 1.73. The third-order valence-electron chi connectivity index (χ3n) is 5.67.